The van der Waals surface area contributed by atoms with Gasteiger partial charge in [0.15, 0.2) is 0 Å². The van der Waals surface area contributed by atoms with Gasteiger partial charge in [0.05, 0.1) is 0 Å². The molecule has 3 heteroatoms. The highest BCUT2D eigenvalue weighted by Crippen LogP contribution is 2.09. The molecule has 0 heterocycles. The van der Waals surface area contributed by atoms with Gasteiger partial charge in [0.25, 0.3) is 0 Å². The van der Waals surface area contributed by atoms with Gasteiger partial charge in [0.1, 0.15) is 0 Å². The van der Waals surface area contributed by atoms with Crippen LogP contribution in [0.25, 0.3) is 0 Å². The molecule has 0 spiro atoms. The Kier molecular flexibility index (Phi) is 9.66. The Hall–Kier alpha value is 0.270. The van der Waals surface area contributed by atoms with Gasteiger partial charge >= 0.3 is 0 Å². The van der Waals surface area contributed by atoms with Crippen LogP contribution in [0.5, 0.6) is 0 Å². The van der Waals surface area contributed by atoms with E-state index in [0.717, 1.165) is 13.0 Å². The van der Waals surface area contributed by atoms with E-state index in [1.807, 2.05) is 11.8 Å². The third kappa shape index (κ3) is 7.20. The first kappa shape index (κ1) is 15.3. The molecule has 0 saturated carbocycles. The fourth-order valence-electron chi connectivity index (χ4n) is 1.83. The summed E-state index contributed by atoms with van der Waals surface area (Å²) in [6.45, 7) is 5.52. The number of thioether (sulfide) groups is 1. The van der Waals surface area contributed by atoms with E-state index >= 15 is 0 Å². The number of unbranched alkanes of at least 4 members (excludes halogenated alkanes) is 1. The lowest BCUT2D eigenvalue weighted by Gasteiger charge is -2.29. The summed E-state index contributed by atoms with van der Waals surface area (Å²) in [5.41, 5.74) is 6.10. The van der Waals surface area contributed by atoms with Gasteiger partial charge in [-0.15, -0.1) is 0 Å². The number of nitrogens with zero attached hydrogens (tertiary/aromatic N) is 1. The molecular formula is C12H28N2S. The summed E-state index contributed by atoms with van der Waals surface area (Å²) in [6, 6.07) is 1.04. The molecule has 0 aromatic rings. The SMILES string of the molecule is CCCCC(N)CN(C)C(CC)CSC. The lowest BCUT2D eigenvalue weighted by molar-refractivity contribution is 0.236. The first-order valence-corrected chi connectivity index (χ1v) is 7.49. The third-order valence-electron chi connectivity index (χ3n) is 2.90. The smallest absolute Gasteiger partial charge is 0.0181 e. The van der Waals surface area contributed by atoms with Crippen molar-refractivity contribution in [3.05, 3.63) is 0 Å². The standard InChI is InChI=1S/C12H28N2S/c1-5-7-8-11(13)9-14(3)12(6-2)10-15-4/h11-12H,5-10,13H2,1-4H3. The second kappa shape index (κ2) is 9.49. The van der Waals surface area contributed by atoms with Crippen LogP contribution in [0.2, 0.25) is 0 Å². The largest absolute Gasteiger partial charge is 0.327 e. The maximum absolute atomic E-state index is 6.10. The zero-order valence-electron chi connectivity index (χ0n) is 10.8. The normalized spacial score (nSPS) is 15.6. The molecule has 0 aromatic carbocycles. The molecule has 0 radical (unpaired) electrons. The molecule has 2 unspecified atom stereocenters. The molecule has 2 nitrogen and oxygen atoms in total. The average Bonchev–Trinajstić information content (AvgIpc) is 2.22. The summed E-state index contributed by atoms with van der Waals surface area (Å²) < 4.78 is 0. The van der Waals surface area contributed by atoms with Crippen molar-refractivity contribution in [3.8, 4) is 0 Å². The van der Waals surface area contributed by atoms with Crippen LogP contribution in [0.4, 0.5) is 0 Å². The van der Waals surface area contributed by atoms with Crippen molar-refractivity contribution >= 4 is 11.8 Å². The highest BCUT2D eigenvalue weighted by molar-refractivity contribution is 7.98. The Morgan fingerprint density at radius 2 is 2.00 bits per heavy atom. The molecule has 0 fully saturated rings. The van der Waals surface area contributed by atoms with Crippen LogP contribution >= 0.6 is 11.8 Å². The van der Waals surface area contributed by atoms with E-state index in [9.17, 15) is 0 Å². The summed E-state index contributed by atoms with van der Waals surface area (Å²) in [6.07, 6.45) is 7.07. The third-order valence-corrected chi connectivity index (χ3v) is 3.62. The Bertz CT molecular complexity index is 142. The van der Waals surface area contributed by atoms with E-state index in [-0.39, 0.29) is 0 Å². The molecule has 15 heavy (non-hydrogen) atoms. The van der Waals surface area contributed by atoms with Gasteiger partial charge in [-0.2, -0.15) is 11.8 Å². The number of rotatable bonds is 9. The fraction of sp³-hybridized carbons (Fsp3) is 1.00. The number of nitrogens with two attached hydrogens (primary N) is 1. The van der Waals surface area contributed by atoms with Crippen LogP contribution in [-0.2, 0) is 0 Å². The van der Waals surface area contributed by atoms with Gasteiger partial charge in [-0.25, -0.2) is 0 Å². The first-order chi connectivity index (χ1) is 7.15. The number of hydrogen-bond acceptors (Lipinski definition) is 3. The average molecular weight is 232 g/mol. The van der Waals surface area contributed by atoms with Gasteiger partial charge < -0.3 is 10.6 Å². The predicted octanol–water partition coefficient (Wildman–Crippen LogP) is 2.58. The van der Waals surface area contributed by atoms with E-state index in [1.54, 1.807) is 0 Å². The first-order valence-electron chi connectivity index (χ1n) is 6.10. The monoisotopic (exact) mass is 232 g/mol. The summed E-state index contributed by atoms with van der Waals surface area (Å²) in [7, 11) is 2.20. The molecule has 0 aromatic heterocycles. The van der Waals surface area contributed by atoms with E-state index in [1.165, 1.54) is 25.0 Å². The van der Waals surface area contributed by atoms with Crippen LogP contribution in [0, 0.1) is 0 Å². The van der Waals surface area contributed by atoms with Gasteiger partial charge in [0.2, 0.25) is 0 Å². The van der Waals surface area contributed by atoms with Gasteiger partial charge in [-0.3, -0.25) is 0 Å². The molecular weight excluding hydrogens is 204 g/mol. The van der Waals surface area contributed by atoms with Crippen LogP contribution in [0.15, 0.2) is 0 Å². The Labute approximate surface area is 100.0 Å². The maximum atomic E-state index is 6.10. The van der Waals surface area contributed by atoms with Gasteiger partial charge in [0, 0.05) is 24.4 Å². The molecule has 0 bridgehead atoms. The Balaban J connectivity index is 3.81. The highest BCUT2D eigenvalue weighted by Gasteiger charge is 2.14. The van der Waals surface area contributed by atoms with Crippen molar-refractivity contribution in [2.45, 2.75) is 51.6 Å². The molecule has 0 aliphatic carbocycles. The summed E-state index contributed by atoms with van der Waals surface area (Å²) in [5, 5.41) is 0. The topological polar surface area (TPSA) is 29.3 Å². The minimum atomic E-state index is 0.353. The van der Waals surface area contributed by atoms with E-state index in [0.29, 0.717) is 12.1 Å². The van der Waals surface area contributed by atoms with Crippen molar-refractivity contribution in [1.82, 2.24) is 4.90 Å². The van der Waals surface area contributed by atoms with Crippen LogP contribution in [0.3, 0.4) is 0 Å². The zero-order valence-corrected chi connectivity index (χ0v) is 11.6. The molecule has 0 rings (SSSR count). The second-order valence-corrected chi connectivity index (χ2v) is 5.27. The zero-order chi connectivity index (χ0) is 11.7. The molecule has 2 atom stereocenters. The van der Waals surface area contributed by atoms with E-state index in [2.05, 4.69) is 32.1 Å². The van der Waals surface area contributed by atoms with Gasteiger partial charge in [-0.05, 0) is 26.1 Å². The molecule has 0 amide bonds. The summed E-state index contributed by atoms with van der Waals surface area (Å²) in [5.74, 6) is 1.22. The molecule has 0 aliphatic rings. The minimum absolute atomic E-state index is 0.353. The number of hydrogen-bond donors (Lipinski definition) is 1. The Morgan fingerprint density at radius 3 is 2.47 bits per heavy atom. The quantitative estimate of drug-likeness (QED) is 0.662. The lowest BCUT2D eigenvalue weighted by atomic mass is 10.1. The van der Waals surface area contributed by atoms with Gasteiger partial charge in [-0.1, -0.05) is 26.7 Å². The molecule has 92 valence electrons. The summed E-state index contributed by atoms with van der Waals surface area (Å²) >= 11 is 1.93. The highest BCUT2D eigenvalue weighted by atomic mass is 32.2. The van der Waals surface area contributed by atoms with Crippen LogP contribution in [-0.4, -0.2) is 42.6 Å². The van der Waals surface area contributed by atoms with Crippen LogP contribution in [0.1, 0.15) is 39.5 Å². The van der Waals surface area contributed by atoms with Crippen molar-refractivity contribution in [2.24, 2.45) is 5.73 Å². The maximum Gasteiger partial charge on any atom is 0.0181 e. The predicted molar refractivity (Wildman–Crippen MR) is 72.6 cm³/mol. The van der Waals surface area contributed by atoms with Crippen molar-refractivity contribution in [2.75, 3.05) is 25.6 Å². The number of likely N-dealkylation sites (N-methyl/N-ethyl adjacent to an activating group) is 1. The summed E-state index contributed by atoms with van der Waals surface area (Å²) in [4.78, 5) is 2.43. The van der Waals surface area contributed by atoms with Crippen molar-refractivity contribution in [1.29, 1.82) is 0 Å². The minimum Gasteiger partial charge on any atom is -0.327 e. The fourth-order valence-corrected chi connectivity index (χ4v) is 2.70. The second-order valence-electron chi connectivity index (χ2n) is 4.36. The van der Waals surface area contributed by atoms with E-state index in [4.69, 9.17) is 5.73 Å². The molecule has 0 aliphatic heterocycles. The van der Waals surface area contributed by atoms with E-state index < -0.39 is 0 Å². The molecule has 2 N–H and O–H groups in total. The van der Waals surface area contributed by atoms with Crippen molar-refractivity contribution < 1.29 is 0 Å². The lowest BCUT2D eigenvalue weighted by Crippen LogP contribution is -2.41. The Morgan fingerprint density at radius 1 is 1.33 bits per heavy atom. The molecule has 0 saturated heterocycles. The van der Waals surface area contributed by atoms with Crippen molar-refractivity contribution in [3.63, 3.8) is 0 Å². The van der Waals surface area contributed by atoms with Crippen LogP contribution < -0.4 is 5.73 Å².